The van der Waals surface area contributed by atoms with Gasteiger partial charge in [-0.1, -0.05) is 29.4 Å². The smallest absolute Gasteiger partial charge is 0.321 e. The van der Waals surface area contributed by atoms with Gasteiger partial charge in [0.25, 0.3) is 0 Å². The van der Waals surface area contributed by atoms with Crippen LogP contribution in [-0.4, -0.2) is 51.1 Å². The first-order valence-electron chi connectivity index (χ1n) is 10.4. The topological polar surface area (TPSA) is 110 Å². The number of carbonyl (C=O) groups is 1. The molecule has 3 N–H and O–H groups in total. The normalized spacial score (nSPS) is 17.0. The number of pyridine rings is 1. The lowest BCUT2D eigenvalue weighted by atomic mass is 10.0. The van der Waals surface area contributed by atoms with Crippen molar-refractivity contribution in [3.05, 3.63) is 60.0 Å². The molecule has 0 radical (unpaired) electrons. The number of hydrogen-bond acceptors (Lipinski definition) is 7. The number of nitrogens with two attached hydrogens (primary N) is 1. The third-order valence-corrected chi connectivity index (χ3v) is 5.47. The number of nitrogens with zero attached hydrogens (tertiary/aromatic N) is 4. The number of aryl methyl sites for hydroxylation is 1. The van der Waals surface area contributed by atoms with Crippen LogP contribution in [0.15, 0.2) is 53.2 Å². The number of likely N-dealkylation sites (tertiary alicyclic amines) is 1. The van der Waals surface area contributed by atoms with Gasteiger partial charge in [0.1, 0.15) is 11.5 Å². The van der Waals surface area contributed by atoms with Crippen molar-refractivity contribution in [3.8, 4) is 11.5 Å². The highest BCUT2D eigenvalue weighted by Crippen LogP contribution is 2.21. The van der Waals surface area contributed by atoms with Gasteiger partial charge in [-0.3, -0.25) is 9.78 Å². The number of rotatable bonds is 8. The minimum Gasteiger partial charge on any atom is -0.337 e. The molecular formula is C22H25FN6O2. The predicted molar refractivity (Wildman–Crippen MR) is 113 cm³/mol. The van der Waals surface area contributed by atoms with Gasteiger partial charge in [0, 0.05) is 25.3 Å². The second-order valence-electron chi connectivity index (χ2n) is 7.58. The number of amides is 1. The lowest BCUT2D eigenvalue weighted by Gasteiger charge is -2.27. The zero-order chi connectivity index (χ0) is 21.6. The second kappa shape index (κ2) is 9.65. The first kappa shape index (κ1) is 20.9. The molecule has 0 bridgehead atoms. The van der Waals surface area contributed by atoms with E-state index in [2.05, 4.69) is 20.4 Å². The van der Waals surface area contributed by atoms with E-state index in [1.807, 2.05) is 12.1 Å². The quantitative estimate of drug-likeness (QED) is 0.572. The summed E-state index contributed by atoms with van der Waals surface area (Å²) in [5, 5.41) is 7.05. The van der Waals surface area contributed by atoms with E-state index in [0.717, 1.165) is 12.8 Å². The van der Waals surface area contributed by atoms with Gasteiger partial charge in [-0.2, -0.15) is 4.98 Å². The van der Waals surface area contributed by atoms with Crippen molar-refractivity contribution in [3.63, 3.8) is 0 Å². The molecule has 8 nitrogen and oxygen atoms in total. The van der Waals surface area contributed by atoms with E-state index >= 15 is 0 Å². The van der Waals surface area contributed by atoms with Gasteiger partial charge in [-0.05, 0) is 49.4 Å². The number of carbonyl (C=O) groups excluding carboxylic acids is 1. The van der Waals surface area contributed by atoms with Crippen molar-refractivity contribution in [2.45, 2.75) is 37.8 Å². The third-order valence-electron chi connectivity index (χ3n) is 5.47. The summed E-state index contributed by atoms with van der Waals surface area (Å²) in [6, 6.07) is 11.6. The molecule has 1 fully saturated rings. The summed E-state index contributed by atoms with van der Waals surface area (Å²) in [5.41, 5.74) is 7.35. The number of aromatic nitrogens is 3. The van der Waals surface area contributed by atoms with Crippen LogP contribution in [0.2, 0.25) is 0 Å². The third kappa shape index (κ3) is 5.05. The summed E-state index contributed by atoms with van der Waals surface area (Å²) in [6.45, 7) is 1.14. The summed E-state index contributed by atoms with van der Waals surface area (Å²) in [4.78, 5) is 23.2. The SMILES string of the molecule is NC(CCc1ccccc1F)C(=O)N1CCC[C@H]1CNc1nc(-c2ccccn2)no1. The summed E-state index contributed by atoms with van der Waals surface area (Å²) in [7, 11) is 0. The van der Waals surface area contributed by atoms with Crippen LogP contribution in [0.5, 0.6) is 0 Å². The van der Waals surface area contributed by atoms with Crippen molar-refractivity contribution in [2.75, 3.05) is 18.4 Å². The Labute approximate surface area is 179 Å². The fraction of sp³-hybridized carbons (Fsp3) is 0.364. The molecule has 2 aromatic heterocycles. The molecule has 3 heterocycles. The summed E-state index contributed by atoms with van der Waals surface area (Å²) < 4.78 is 19.1. The number of benzene rings is 1. The molecule has 0 spiro atoms. The van der Waals surface area contributed by atoms with Gasteiger partial charge in [0.15, 0.2) is 0 Å². The molecule has 9 heteroatoms. The van der Waals surface area contributed by atoms with Crippen LogP contribution in [0.3, 0.4) is 0 Å². The molecular weight excluding hydrogens is 399 g/mol. The molecule has 1 unspecified atom stereocenters. The first-order chi connectivity index (χ1) is 15.1. The molecule has 0 saturated carbocycles. The van der Waals surface area contributed by atoms with Crippen LogP contribution in [0, 0.1) is 5.82 Å². The van der Waals surface area contributed by atoms with Crippen molar-refractivity contribution in [1.29, 1.82) is 0 Å². The van der Waals surface area contributed by atoms with E-state index in [1.165, 1.54) is 6.07 Å². The van der Waals surface area contributed by atoms with E-state index < -0.39 is 6.04 Å². The van der Waals surface area contributed by atoms with Crippen molar-refractivity contribution in [1.82, 2.24) is 20.0 Å². The zero-order valence-electron chi connectivity index (χ0n) is 17.1. The van der Waals surface area contributed by atoms with Gasteiger partial charge < -0.3 is 20.5 Å². The average Bonchev–Trinajstić information content (AvgIpc) is 3.46. The molecule has 162 valence electrons. The molecule has 1 aromatic carbocycles. The highest BCUT2D eigenvalue weighted by molar-refractivity contribution is 5.82. The number of nitrogens with one attached hydrogen (secondary N) is 1. The number of anilines is 1. The van der Waals surface area contributed by atoms with Gasteiger partial charge in [0.05, 0.1) is 6.04 Å². The van der Waals surface area contributed by atoms with Gasteiger partial charge in [-0.15, -0.1) is 0 Å². The van der Waals surface area contributed by atoms with Crippen LogP contribution < -0.4 is 11.1 Å². The highest BCUT2D eigenvalue weighted by atomic mass is 19.1. The molecule has 2 atom stereocenters. The van der Waals surface area contributed by atoms with Gasteiger partial charge >= 0.3 is 6.01 Å². The Morgan fingerprint density at radius 2 is 2.13 bits per heavy atom. The van der Waals surface area contributed by atoms with Crippen molar-refractivity contribution in [2.24, 2.45) is 5.73 Å². The first-order valence-corrected chi connectivity index (χ1v) is 10.4. The second-order valence-corrected chi connectivity index (χ2v) is 7.58. The maximum Gasteiger partial charge on any atom is 0.321 e. The summed E-state index contributed by atoms with van der Waals surface area (Å²) in [5.74, 6) is 0.0213. The van der Waals surface area contributed by atoms with E-state index in [9.17, 15) is 9.18 Å². The van der Waals surface area contributed by atoms with Crippen molar-refractivity contribution < 1.29 is 13.7 Å². The molecule has 4 rings (SSSR count). The summed E-state index contributed by atoms with van der Waals surface area (Å²) >= 11 is 0. The molecule has 3 aromatic rings. The monoisotopic (exact) mass is 424 g/mol. The molecule has 1 amide bonds. The fourth-order valence-electron chi connectivity index (χ4n) is 3.79. The predicted octanol–water partition coefficient (Wildman–Crippen LogP) is 2.63. The van der Waals surface area contributed by atoms with E-state index in [1.54, 1.807) is 35.4 Å². The van der Waals surface area contributed by atoms with Crippen LogP contribution in [-0.2, 0) is 11.2 Å². The standard InChI is InChI=1S/C22H25FN6O2/c23-17-8-2-1-6-15(17)10-11-18(24)21(30)29-13-5-7-16(29)14-26-22-27-20(28-31-22)19-9-3-4-12-25-19/h1-4,6,8-9,12,16,18H,5,7,10-11,13-14,24H2,(H,26,27,28)/t16-,18?/m0/s1. The summed E-state index contributed by atoms with van der Waals surface area (Å²) in [6.07, 6.45) is 4.25. The molecule has 1 aliphatic rings. The Kier molecular flexibility index (Phi) is 6.51. The van der Waals surface area contributed by atoms with Crippen molar-refractivity contribution >= 4 is 11.9 Å². The highest BCUT2D eigenvalue weighted by Gasteiger charge is 2.31. The molecule has 31 heavy (non-hydrogen) atoms. The van der Waals surface area contributed by atoms with E-state index in [0.29, 0.717) is 43.0 Å². The van der Waals surface area contributed by atoms with Crippen LogP contribution in [0.4, 0.5) is 10.4 Å². The lowest BCUT2D eigenvalue weighted by molar-refractivity contribution is -0.133. The lowest BCUT2D eigenvalue weighted by Crippen LogP contribution is -2.48. The molecule has 1 saturated heterocycles. The van der Waals surface area contributed by atoms with E-state index in [-0.39, 0.29) is 23.8 Å². The minimum atomic E-state index is -0.667. The Morgan fingerprint density at radius 3 is 2.94 bits per heavy atom. The van der Waals surface area contributed by atoms with Crippen LogP contribution in [0.1, 0.15) is 24.8 Å². The Balaban J connectivity index is 1.31. The maximum absolute atomic E-state index is 13.8. The van der Waals surface area contributed by atoms with E-state index in [4.69, 9.17) is 10.3 Å². The number of halogens is 1. The fourth-order valence-corrected chi connectivity index (χ4v) is 3.79. The molecule has 1 aliphatic heterocycles. The number of hydrogen-bond donors (Lipinski definition) is 2. The Hall–Kier alpha value is -3.33. The average molecular weight is 424 g/mol. The zero-order valence-corrected chi connectivity index (χ0v) is 17.1. The largest absolute Gasteiger partial charge is 0.337 e. The maximum atomic E-state index is 13.8. The van der Waals surface area contributed by atoms with Gasteiger partial charge in [0.2, 0.25) is 11.7 Å². The van der Waals surface area contributed by atoms with Gasteiger partial charge in [-0.25, -0.2) is 4.39 Å². The molecule has 0 aliphatic carbocycles. The minimum absolute atomic E-state index is 0.0165. The Bertz CT molecular complexity index is 1010. The van der Waals surface area contributed by atoms with Crippen LogP contribution >= 0.6 is 0 Å². The van der Waals surface area contributed by atoms with Crippen LogP contribution in [0.25, 0.3) is 11.5 Å². The Morgan fingerprint density at radius 1 is 1.29 bits per heavy atom.